The van der Waals surface area contributed by atoms with E-state index in [9.17, 15) is 4.79 Å². The van der Waals surface area contributed by atoms with Gasteiger partial charge >= 0.3 is 0 Å². The highest BCUT2D eigenvalue weighted by Gasteiger charge is 2.22. The summed E-state index contributed by atoms with van der Waals surface area (Å²) in [5, 5.41) is 10.0. The van der Waals surface area contributed by atoms with Crippen LogP contribution in [-0.2, 0) is 16.0 Å². The normalized spacial score (nSPS) is 14.0. The summed E-state index contributed by atoms with van der Waals surface area (Å²) in [7, 11) is 0. The summed E-state index contributed by atoms with van der Waals surface area (Å²) in [5.74, 6) is 1.07. The minimum absolute atomic E-state index is 0.0805. The van der Waals surface area contributed by atoms with Crippen LogP contribution >= 0.6 is 0 Å². The molecule has 2 N–H and O–H groups in total. The Morgan fingerprint density at radius 3 is 2.86 bits per heavy atom. The van der Waals surface area contributed by atoms with Gasteiger partial charge in [-0.15, -0.1) is 0 Å². The van der Waals surface area contributed by atoms with Gasteiger partial charge in [0.2, 0.25) is 0 Å². The molecule has 6 nitrogen and oxygen atoms in total. The lowest BCUT2D eigenvalue weighted by molar-refractivity contribution is -0.120. The standard InChI is InChI=1S/C16H20N4O2/c1-2-13-15(12-5-7-17-8-6-12)19-20-16(13)18-14(21)10-22-9-11-3-4-11/h5-8,11H,2-4,9-10H2,1H3,(H2,18,19,20,21). The van der Waals surface area contributed by atoms with E-state index in [-0.39, 0.29) is 12.5 Å². The maximum atomic E-state index is 11.9. The van der Waals surface area contributed by atoms with Crippen molar-refractivity contribution in [2.75, 3.05) is 18.5 Å². The minimum Gasteiger partial charge on any atom is -0.371 e. The fourth-order valence-corrected chi connectivity index (χ4v) is 2.34. The Balaban J connectivity index is 1.65. The zero-order valence-corrected chi connectivity index (χ0v) is 12.6. The largest absolute Gasteiger partial charge is 0.371 e. The molecular formula is C16H20N4O2. The van der Waals surface area contributed by atoms with Gasteiger partial charge in [0.1, 0.15) is 6.61 Å². The van der Waals surface area contributed by atoms with E-state index in [0.29, 0.717) is 18.3 Å². The van der Waals surface area contributed by atoms with Crippen LogP contribution in [0, 0.1) is 5.92 Å². The van der Waals surface area contributed by atoms with E-state index in [1.54, 1.807) is 12.4 Å². The summed E-state index contributed by atoms with van der Waals surface area (Å²) in [6.07, 6.45) is 6.68. The molecule has 1 aliphatic carbocycles. The van der Waals surface area contributed by atoms with E-state index >= 15 is 0 Å². The molecule has 0 radical (unpaired) electrons. The molecule has 2 heterocycles. The second-order valence-electron chi connectivity index (χ2n) is 5.52. The van der Waals surface area contributed by atoms with Gasteiger partial charge in [-0.1, -0.05) is 6.92 Å². The van der Waals surface area contributed by atoms with E-state index in [2.05, 4.69) is 20.5 Å². The predicted octanol–water partition coefficient (Wildman–Crippen LogP) is 2.40. The topological polar surface area (TPSA) is 79.9 Å². The minimum atomic E-state index is -0.164. The number of ether oxygens (including phenoxy) is 1. The Bertz CT molecular complexity index is 635. The number of nitrogens with zero attached hydrogens (tertiary/aromatic N) is 2. The van der Waals surface area contributed by atoms with Crippen LogP contribution in [0.3, 0.4) is 0 Å². The van der Waals surface area contributed by atoms with Crippen molar-refractivity contribution in [2.24, 2.45) is 5.92 Å². The Hall–Kier alpha value is -2.21. The molecule has 1 fully saturated rings. The Labute approximate surface area is 129 Å². The molecule has 3 rings (SSSR count). The van der Waals surface area contributed by atoms with Crippen molar-refractivity contribution in [2.45, 2.75) is 26.2 Å². The van der Waals surface area contributed by atoms with Crippen LogP contribution < -0.4 is 5.32 Å². The van der Waals surface area contributed by atoms with Crippen molar-refractivity contribution in [3.8, 4) is 11.3 Å². The molecule has 22 heavy (non-hydrogen) atoms. The third kappa shape index (κ3) is 3.51. The number of amides is 1. The van der Waals surface area contributed by atoms with Crippen LogP contribution in [-0.4, -0.2) is 34.3 Å². The zero-order chi connectivity index (χ0) is 15.4. The van der Waals surface area contributed by atoms with E-state index in [1.165, 1.54) is 12.8 Å². The van der Waals surface area contributed by atoms with Crippen molar-refractivity contribution in [3.05, 3.63) is 30.1 Å². The number of nitrogens with one attached hydrogen (secondary N) is 2. The fraction of sp³-hybridized carbons (Fsp3) is 0.438. The molecule has 116 valence electrons. The second kappa shape index (κ2) is 6.70. The SMILES string of the molecule is CCc1c(NC(=O)COCC2CC2)n[nH]c1-c1ccncc1. The van der Waals surface area contributed by atoms with Gasteiger partial charge in [0.05, 0.1) is 12.3 Å². The Morgan fingerprint density at radius 2 is 2.18 bits per heavy atom. The number of hydrogen-bond acceptors (Lipinski definition) is 4. The number of aromatic amines is 1. The molecule has 1 saturated carbocycles. The molecule has 2 aromatic rings. The highest BCUT2D eigenvalue weighted by molar-refractivity contribution is 5.92. The summed E-state index contributed by atoms with van der Waals surface area (Å²) < 4.78 is 5.40. The van der Waals surface area contributed by atoms with Crippen molar-refractivity contribution in [1.82, 2.24) is 15.2 Å². The average molecular weight is 300 g/mol. The maximum absolute atomic E-state index is 11.9. The lowest BCUT2D eigenvalue weighted by Crippen LogP contribution is -2.20. The summed E-state index contributed by atoms with van der Waals surface area (Å²) in [5.41, 5.74) is 2.91. The molecule has 1 aliphatic rings. The first-order valence-electron chi connectivity index (χ1n) is 7.63. The number of pyridine rings is 1. The van der Waals surface area contributed by atoms with Crippen molar-refractivity contribution in [1.29, 1.82) is 0 Å². The third-order valence-electron chi connectivity index (χ3n) is 3.73. The number of H-pyrrole nitrogens is 1. The van der Waals surface area contributed by atoms with E-state index in [0.717, 1.165) is 23.2 Å². The number of carbonyl (C=O) groups is 1. The van der Waals surface area contributed by atoms with Gasteiger partial charge in [-0.3, -0.25) is 14.9 Å². The summed E-state index contributed by atoms with van der Waals surface area (Å²) in [4.78, 5) is 15.9. The summed E-state index contributed by atoms with van der Waals surface area (Å²) in [6.45, 7) is 2.79. The predicted molar refractivity (Wildman–Crippen MR) is 83.4 cm³/mol. The highest BCUT2D eigenvalue weighted by Crippen LogP contribution is 2.29. The van der Waals surface area contributed by atoms with E-state index in [1.807, 2.05) is 19.1 Å². The smallest absolute Gasteiger partial charge is 0.251 e. The summed E-state index contributed by atoms with van der Waals surface area (Å²) in [6, 6.07) is 3.83. The van der Waals surface area contributed by atoms with Gasteiger partial charge in [0.15, 0.2) is 5.82 Å². The molecule has 0 spiro atoms. The zero-order valence-electron chi connectivity index (χ0n) is 12.6. The van der Waals surface area contributed by atoms with Crippen LogP contribution in [0.15, 0.2) is 24.5 Å². The number of aromatic nitrogens is 3. The molecule has 0 unspecified atom stereocenters. The first-order chi connectivity index (χ1) is 10.8. The first-order valence-corrected chi connectivity index (χ1v) is 7.63. The number of rotatable bonds is 7. The van der Waals surface area contributed by atoms with Gasteiger partial charge in [0, 0.05) is 23.5 Å². The maximum Gasteiger partial charge on any atom is 0.251 e. The van der Waals surface area contributed by atoms with Gasteiger partial charge in [-0.25, -0.2) is 0 Å². The average Bonchev–Trinajstić information content (AvgIpc) is 3.27. The van der Waals surface area contributed by atoms with E-state index in [4.69, 9.17) is 4.74 Å². The van der Waals surface area contributed by atoms with Crippen LogP contribution in [0.4, 0.5) is 5.82 Å². The third-order valence-corrected chi connectivity index (χ3v) is 3.73. The number of hydrogen-bond donors (Lipinski definition) is 2. The van der Waals surface area contributed by atoms with Gasteiger partial charge in [-0.05, 0) is 37.3 Å². The number of anilines is 1. The van der Waals surface area contributed by atoms with Crippen molar-refractivity contribution >= 4 is 11.7 Å². The lowest BCUT2D eigenvalue weighted by Gasteiger charge is -2.06. The molecule has 0 aromatic carbocycles. The highest BCUT2D eigenvalue weighted by atomic mass is 16.5. The van der Waals surface area contributed by atoms with Gasteiger partial charge in [0.25, 0.3) is 5.91 Å². The molecule has 0 atom stereocenters. The lowest BCUT2D eigenvalue weighted by atomic mass is 10.1. The van der Waals surface area contributed by atoms with E-state index < -0.39 is 0 Å². The van der Waals surface area contributed by atoms with Crippen LogP contribution in [0.25, 0.3) is 11.3 Å². The second-order valence-corrected chi connectivity index (χ2v) is 5.52. The van der Waals surface area contributed by atoms with Gasteiger partial charge < -0.3 is 10.1 Å². The molecule has 2 aromatic heterocycles. The monoisotopic (exact) mass is 300 g/mol. The van der Waals surface area contributed by atoms with Gasteiger partial charge in [-0.2, -0.15) is 5.10 Å². The Morgan fingerprint density at radius 1 is 1.41 bits per heavy atom. The molecule has 0 saturated heterocycles. The first kappa shape index (κ1) is 14.7. The molecule has 0 bridgehead atoms. The Kier molecular flexibility index (Phi) is 4.48. The number of carbonyl (C=O) groups excluding carboxylic acids is 1. The summed E-state index contributed by atoms with van der Waals surface area (Å²) >= 11 is 0. The quantitative estimate of drug-likeness (QED) is 0.823. The fourth-order valence-electron chi connectivity index (χ4n) is 2.34. The van der Waals surface area contributed by atoms with Crippen molar-refractivity contribution < 1.29 is 9.53 Å². The molecule has 0 aliphatic heterocycles. The van der Waals surface area contributed by atoms with Crippen LogP contribution in [0.5, 0.6) is 0 Å². The van der Waals surface area contributed by atoms with Crippen LogP contribution in [0.1, 0.15) is 25.3 Å². The molecule has 6 heteroatoms. The van der Waals surface area contributed by atoms with Crippen LogP contribution in [0.2, 0.25) is 0 Å². The molecule has 1 amide bonds. The molecular weight excluding hydrogens is 280 g/mol. The van der Waals surface area contributed by atoms with Crippen molar-refractivity contribution in [3.63, 3.8) is 0 Å².